The second kappa shape index (κ2) is 6.63. The summed E-state index contributed by atoms with van der Waals surface area (Å²) in [7, 11) is 0. The molecule has 1 aromatic rings. The van der Waals surface area contributed by atoms with Gasteiger partial charge in [0, 0.05) is 24.7 Å². The number of carbonyl (C=O) groups is 3. The van der Waals surface area contributed by atoms with Crippen LogP contribution in [-0.2, 0) is 16.0 Å². The van der Waals surface area contributed by atoms with Gasteiger partial charge in [-0.2, -0.15) is 0 Å². The van der Waals surface area contributed by atoms with Gasteiger partial charge in [-0.1, -0.05) is 13.8 Å². The van der Waals surface area contributed by atoms with Crippen molar-refractivity contribution in [2.24, 2.45) is 5.92 Å². The number of hydrogen-bond acceptors (Lipinski definition) is 3. The zero-order valence-corrected chi connectivity index (χ0v) is 14.5. The lowest BCUT2D eigenvalue weighted by Gasteiger charge is -2.33. The molecule has 0 bridgehead atoms. The van der Waals surface area contributed by atoms with E-state index < -0.39 is 11.5 Å². The van der Waals surface area contributed by atoms with Crippen molar-refractivity contribution in [3.05, 3.63) is 29.3 Å². The fourth-order valence-electron chi connectivity index (χ4n) is 2.91. The molecule has 1 heterocycles. The highest BCUT2D eigenvalue weighted by Gasteiger charge is 2.33. The molecule has 1 unspecified atom stereocenters. The van der Waals surface area contributed by atoms with E-state index in [4.69, 9.17) is 5.11 Å². The first-order valence-electron chi connectivity index (χ1n) is 8.09. The highest BCUT2D eigenvalue weighted by molar-refractivity contribution is 5.98. The molecule has 0 aromatic heterocycles. The summed E-state index contributed by atoms with van der Waals surface area (Å²) in [4.78, 5) is 37.0. The zero-order valence-electron chi connectivity index (χ0n) is 14.5. The Bertz CT molecular complexity index is 684. The fraction of sp³-hybridized carbons (Fsp3) is 0.500. The van der Waals surface area contributed by atoms with Crippen LogP contribution >= 0.6 is 0 Å². The van der Waals surface area contributed by atoms with Crippen LogP contribution < -0.4 is 10.2 Å². The largest absolute Gasteiger partial charge is 0.481 e. The van der Waals surface area contributed by atoms with Crippen molar-refractivity contribution in [3.8, 4) is 0 Å². The van der Waals surface area contributed by atoms with Crippen LogP contribution in [0.3, 0.4) is 0 Å². The third-order valence-corrected chi connectivity index (χ3v) is 4.81. The molecular formula is C18H24N2O4. The average Bonchev–Trinajstić information content (AvgIpc) is 2.89. The summed E-state index contributed by atoms with van der Waals surface area (Å²) in [5, 5.41) is 12.0. The number of hydrogen-bond donors (Lipinski definition) is 2. The number of carboxylic acid groups (broad SMARTS) is 1. The third-order valence-electron chi connectivity index (χ3n) is 4.81. The number of amides is 2. The standard InChI is InChI=1S/C18H24N2O4/c1-11(2)18(4,10-16(22)23)19-17(24)14-5-6-15-13(9-14)7-8-20(15)12(3)21/h5-6,9,11H,7-8,10H2,1-4H3,(H,19,24)(H,22,23). The van der Waals surface area contributed by atoms with Crippen molar-refractivity contribution >= 4 is 23.5 Å². The van der Waals surface area contributed by atoms with Crippen LogP contribution in [0.1, 0.15) is 50.0 Å². The first kappa shape index (κ1) is 18.0. The van der Waals surface area contributed by atoms with Gasteiger partial charge in [0.15, 0.2) is 0 Å². The number of fused-ring (bicyclic) bond motifs is 1. The maximum absolute atomic E-state index is 12.6. The molecule has 2 amide bonds. The Morgan fingerprint density at radius 1 is 1.33 bits per heavy atom. The lowest BCUT2D eigenvalue weighted by molar-refractivity contribution is -0.139. The molecule has 1 aromatic carbocycles. The van der Waals surface area contributed by atoms with Gasteiger partial charge in [0.05, 0.1) is 12.0 Å². The predicted molar refractivity (Wildman–Crippen MR) is 91.1 cm³/mol. The molecule has 2 rings (SSSR count). The van der Waals surface area contributed by atoms with E-state index >= 15 is 0 Å². The van der Waals surface area contributed by atoms with E-state index in [2.05, 4.69) is 5.32 Å². The molecule has 0 spiro atoms. The number of rotatable bonds is 5. The minimum absolute atomic E-state index is 0.0141. The first-order valence-corrected chi connectivity index (χ1v) is 8.09. The Balaban J connectivity index is 2.22. The number of carbonyl (C=O) groups excluding carboxylic acids is 2. The number of nitrogens with one attached hydrogen (secondary N) is 1. The summed E-state index contributed by atoms with van der Waals surface area (Å²) in [6.07, 6.45) is 0.575. The lowest BCUT2D eigenvalue weighted by atomic mass is 9.85. The molecule has 6 nitrogen and oxygen atoms in total. The highest BCUT2D eigenvalue weighted by atomic mass is 16.4. The van der Waals surface area contributed by atoms with Crippen molar-refractivity contribution in [2.75, 3.05) is 11.4 Å². The molecule has 1 aliphatic rings. The number of benzene rings is 1. The minimum atomic E-state index is -0.947. The van der Waals surface area contributed by atoms with Crippen molar-refractivity contribution in [1.29, 1.82) is 0 Å². The van der Waals surface area contributed by atoms with Gasteiger partial charge in [-0.25, -0.2) is 0 Å². The summed E-state index contributed by atoms with van der Waals surface area (Å²) in [6.45, 7) is 7.66. The van der Waals surface area contributed by atoms with Crippen LogP contribution in [0.5, 0.6) is 0 Å². The summed E-state index contributed by atoms with van der Waals surface area (Å²) in [5.41, 5.74) is 1.46. The quantitative estimate of drug-likeness (QED) is 0.865. The molecule has 1 aliphatic heterocycles. The van der Waals surface area contributed by atoms with Crippen molar-refractivity contribution < 1.29 is 19.5 Å². The number of aliphatic carboxylic acids is 1. The average molecular weight is 332 g/mol. The SMILES string of the molecule is CC(=O)N1CCc2cc(C(=O)NC(C)(CC(=O)O)C(C)C)ccc21. The molecular weight excluding hydrogens is 308 g/mol. The topological polar surface area (TPSA) is 86.7 Å². The van der Waals surface area contributed by atoms with Gasteiger partial charge in [0.25, 0.3) is 5.91 Å². The van der Waals surface area contributed by atoms with E-state index in [-0.39, 0.29) is 24.2 Å². The number of anilines is 1. The van der Waals surface area contributed by atoms with Crippen LogP contribution in [0.2, 0.25) is 0 Å². The van der Waals surface area contributed by atoms with Gasteiger partial charge < -0.3 is 15.3 Å². The van der Waals surface area contributed by atoms with Crippen molar-refractivity contribution in [3.63, 3.8) is 0 Å². The fourth-order valence-corrected chi connectivity index (χ4v) is 2.91. The van der Waals surface area contributed by atoms with Gasteiger partial charge in [0.1, 0.15) is 0 Å². The first-order chi connectivity index (χ1) is 11.1. The summed E-state index contributed by atoms with van der Waals surface area (Å²) in [6, 6.07) is 5.24. The highest BCUT2D eigenvalue weighted by Crippen LogP contribution is 2.29. The van der Waals surface area contributed by atoms with Crippen LogP contribution in [0.25, 0.3) is 0 Å². The third kappa shape index (κ3) is 3.58. The summed E-state index contributed by atoms with van der Waals surface area (Å²) in [5.74, 6) is -1.28. The van der Waals surface area contributed by atoms with E-state index in [1.165, 1.54) is 6.92 Å². The number of nitrogens with zero attached hydrogens (tertiary/aromatic N) is 1. The molecule has 0 saturated heterocycles. The molecule has 6 heteroatoms. The second-order valence-electron chi connectivity index (χ2n) is 6.86. The smallest absolute Gasteiger partial charge is 0.305 e. The predicted octanol–water partition coefficient (Wildman–Crippen LogP) is 2.21. The van der Waals surface area contributed by atoms with Crippen LogP contribution in [0, 0.1) is 5.92 Å². The zero-order chi connectivity index (χ0) is 18.1. The number of carboxylic acids is 1. The van der Waals surface area contributed by atoms with Gasteiger partial charge in [-0.05, 0) is 43.0 Å². The van der Waals surface area contributed by atoms with E-state index in [0.29, 0.717) is 18.5 Å². The lowest BCUT2D eigenvalue weighted by Crippen LogP contribution is -2.51. The van der Waals surface area contributed by atoms with Gasteiger partial charge in [0.2, 0.25) is 5.91 Å². The van der Waals surface area contributed by atoms with E-state index in [9.17, 15) is 14.4 Å². The Hall–Kier alpha value is -2.37. The maximum atomic E-state index is 12.6. The van der Waals surface area contributed by atoms with Crippen LogP contribution in [-0.4, -0.2) is 35.0 Å². The molecule has 24 heavy (non-hydrogen) atoms. The minimum Gasteiger partial charge on any atom is -0.481 e. The molecule has 0 radical (unpaired) electrons. The van der Waals surface area contributed by atoms with E-state index in [0.717, 1.165) is 11.3 Å². The second-order valence-corrected chi connectivity index (χ2v) is 6.86. The van der Waals surface area contributed by atoms with Crippen molar-refractivity contribution in [1.82, 2.24) is 5.32 Å². The maximum Gasteiger partial charge on any atom is 0.305 e. The summed E-state index contributed by atoms with van der Waals surface area (Å²) < 4.78 is 0. The van der Waals surface area contributed by atoms with Gasteiger partial charge in [-0.3, -0.25) is 14.4 Å². The molecule has 130 valence electrons. The normalized spacial score (nSPS) is 15.8. The molecule has 2 N–H and O–H groups in total. The molecule has 0 saturated carbocycles. The van der Waals surface area contributed by atoms with Gasteiger partial charge >= 0.3 is 5.97 Å². The Morgan fingerprint density at radius 3 is 2.54 bits per heavy atom. The monoisotopic (exact) mass is 332 g/mol. The Morgan fingerprint density at radius 2 is 2.00 bits per heavy atom. The molecule has 0 aliphatic carbocycles. The Labute approximate surface area is 141 Å². The van der Waals surface area contributed by atoms with Crippen LogP contribution in [0.15, 0.2) is 18.2 Å². The Kier molecular flexibility index (Phi) is 4.96. The van der Waals surface area contributed by atoms with Crippen molar-refractivity contribution in [2.45, 2.75) is 46.1 Å². The summed E-state index contributed by atoms with van der Waals surface area (Å²) >= 11 is 0. The molecule has 0 fully saturated rings. The van der Waals surface area contributed by atoms with Gasteiger partial charge in [-0.15, -0.1) is 0 Å². The van der Waals surface area contributed by atoms with E-state index in [1.807, 2.05) is 13.8 Å². The van der Waals surface area contributed by atoms with E-state index in [1.54, 1.807) is 30.0 Å². The molecule has 1 atom stereocenters. The van der Waals surface area contributed by atoms with Crippen LogP contribution in [0.4, 0.5) is 5.69 Å².